The molecule has 0 bridgehead atoms. The monoisotopic (exact) mass is 606 g/mol. The number of hydrogen-bond acceptors (Lipinski definition) is 3. The Morgan fingerprint density at radius 1 is 0.955 bits per heavy atom. The Kier molecular flexibility index (Phi) is 6.71. The van der Waals surface area contributed by atoms with Crippen LogP contribution in [0.2, 0.25) is 0 Å². The molecule has 5 nitrogen and oxygen atoms in total. The molecule has 2 aromatic heterocycles. The van der Waals surface area contributed by atoms with E-state index in [2.05, 4.69) is 15.4 Å². The minimum absolute atomic E-state index is 0.0977. The van der Waals surface area contributed by atoms with E-state index in [0.717, 1.165) is 34.5 Å². The number of amides is 1. The molecule has 0 spiro atoms. The van der Waals surface area contributed by atoms with Crippen molar-refractivity contribution in [3.8, 4) is 11.1 Å². The number of carbonyl (C=O) groups is 1. The van der Waals surface area contributed by atoms with Crippen molar-refractivity contribution in [3.05, 3.63) is 119 Å². The smallest absolute Gasteiger partial charge is 0.293 e. The average Bonchev–Trinajstić information content (AvgIpc) is 3.64. The SMILES string of the molecule is O=C(Cn1nc(C(F)F)c2c1C(F)(F)C1CC21)N[C@@H](Cc1cc(F)cc(F)c1)c1ncccc1-c1cccc2ccccc12. The van der Waals surface area contributed by atoms with Crippen LogP contribution in [0.1, 0.15) is 53.0 Å². The van der Waals surface area contributed by atoms with Crippen molar-refractivity contribution < 1.29 is 31.1 Å². The summed E-state index contributed by atoms with van der Waals surface area (Å²) in [5, 5.41) is 8.36. The van der Waals surface area contributed by atoms with Gasteiger partial charge >= 0.3 is 0 Å². The van der Waals surface area contributed by atoms with Crippen LogP contribution in [-0.2, 0) is 23.7 Å². The summed E-state index contributed by atoms with van der Waals surface area (Å²) in [6.45, 7) is -0.755. The van der Waals surface area contributed by atoms with Crippen LogP contribution in [0.15, 0.2) is 79.0 Å². The summed E-state index contributed by atoms with van der Waals surface area (Å²) in [5.74, 6) is -7.59. The predicted molar refractivity (Wildman–Crippen MR) is 150 cm³/mol. The molecule has 7 rings (SSSR count). The van der Waals surface area contributed by atoms with Gasteiger partial charge in [0.2, 0.25) is 5.91 Å². The Morgan fingerprint density at radius 3 is 2.45 bits per heavy atom. The van der Waals surface area contributed by atoms with Crippen LogP contribution >= 0.6 is 0 Å². The molecule has 1 amide bonds. The molecule has 3 aromatic carbocycles. The highest BCUT2D eigenvalue weighted by atomic mass is 19.3. The number of rotatable bonds is 8. The fraction of sp³-hybridized carbons (Fsp3) is 0.242. The van der Waals surface area contributed by atoms with Gasteiger partial charge in [0.1, 0.15) is 29.6 Å². The van der Waals surface area contributed by atoms with Crippen LogP contribution in [0.25, 0.3) is 21.9 Å². The van der Waals surface area contributed by atoms with Gasteiger partial charge in [0, 0.05) is 29.3 Å². The van der Waals surface area contributed by atoms with Crippen LogP contribution in [0.3, 0.4) is 0 Å². The lowest BCUT2D eigenvalue weighted by Gasteiger charge is -2.23. The Morgan fingerprint density at radius 2 is 1.68 bits per heavy atom. The number of nitrogens with zero attached hydrogens (tertiary/aromatic N) is 3. The van der Waals surface area contributed by atoms with E-state index in [0.29, 0.717) is 15.9 Å². The van der Waals surface area contributed by atoms with Crippen molar-refractivity contribution in [2.24, 2.45) is 5.92 Å². The molecule has 1 fully saturated rings. The van der Waals surface area contributed by atoms with Crippen molar-refractivity contribution in [1.82, 2.24) is 20.1 Å². The van der Waals surface area contributed by atoms with Gasteiger partial charge in [0.15, 0.2) is 0 Å². The van der Waals surface area contributed by atoms with Crippen molar-refractivity contribution in [2.45, 2.75) is 43.7 Å². The molecule has 2 aliphatic carbocycles. The molecule has 2 heterocycles. The Balaban J connectivity index is 1.27. The second-order valence-corrected chi connectivity index (χ2v) is 11.2. The van der Waals surface area contributed by atoms with E-state index in [-0.39, 0.29) is 24.0 Å². The summed E-state index contributed by atoms with van der Waals surface area (Å²) in [6.07, 6.45) is -1.57. The largest absolute Gasteiger partial charge is 0.346 e. The Labute approximate surface area is 247 Å². The van der Waals surface area contributed by atoms with Gasteiger partial charge in [-0.05, 0) is 58.9 Å². The third-order valence-corrected chi connectivity index (χ3v) is 8.41. The van der Waals surface area contributed by atoms with E-state index in [4.69, 9.17) is 0 Å². The van der Waals surface area contributed by atoms with Crippen LogP contribution in [0.4, 0.5) is 26.3 Å². The molecule has 0 aliphatic heterocycles. The van der Waals surface area contributed by atoms with Gasteiger partial charge in [-0.1, -0.05) is 48.5 Å². The molecule has 11 heteroatoms. The van der Waals surface area contributed by atoms with Gasteiger partial charge in [-0.3, -0.25) is 14.5 Å². The fourth-order valence-electron chi connectivity index (χ4n) is 6.52. The van der Waals surface area contributed by atoms with Crippen molar-refractivity contribution in [3.63, 3.8) is 0 Å². The first-order valence-electron chi connectivity index (χ1n) is 14.1. The van der Waals surface area contributed by atoms with Crippen molar-refractivity contribution in [2.75, 3.05) is 0 Å². The molecular weight excluding hydrogens is 582 g/mol. The first-order valence-corrected chi connectivity index (χ1v) is 14.1. The Bertz CT molecular complexity index is 1900. The molecule has 1 saturated carbocycles. The number of pyridine rings is 1. The lowest BCUT2D eigenvalue weighted by molar-refractivity contribution is -0.123. The molecule has 2 unspecified atom stereocenters. The van der Waals surface area contributed by atoms with Gasteiger partial charge in [-0.15, -0.1) is 0 Å². The summed E-state index contributed by atoms with van der Waals surface area (Å²) in [4.78, 5) is 18.0. The maximum Gasteiger partial charge on any atom is 0.293 e. The Hall–Kier alpha value is -4.67. The number of halogens is 6. The van der Waals surface area contributed by atoms with E-state index in [1.165, 1.54) is 6.20 Å². The minimum atomic E-state index is -3.39. The molecule has 1 N–H and O–H groups in total. The average molecular weight is 607 g/mol. The van der Waals surface area contributed by atoms with Crippen molar-refractivity contribution >= 4 is 16.7 Å². The molecule has 224 valence electrons. The molecule has 5 aromatic rings. The highest BCUT2D eigenvalue weighted by molar-refractivity contribution is 5.97. The third-order valence-electron chi connectivity index (χ3n) is 8.41. The van der Waals surface area contributed by atoms with Crippen LogP contribution in [0.5, 0.6) is 0 Å². The second-order valence-electron chi connectivity index (χ2n) is 11.2. The zero-order valence-electron chi connectivity index (χ0n) is 23.0. The zero-order valence-corrected chi connectivity index (χ0v) is 23.0. The van der Waals surface area contributed by atoms with Crippen LogP contribution in [-0.4, -0.2) is 20.7 Å². The number of alkyl halides is 4. The highest BCUT2D eigenvalue weighted by Crippen LogP contribution is 2.68. The second kappa shape index (κ2) is 10.5. The van der Waals surface area contributed by atoms with Crippen molar-refractivity contribution in [1.29, 1.82) is 0 Å². The number of carbonyl (C=O) groups excluding carboxylic acids is 1. The quantitative estimate of drug-likeness (QED) is 0.185. The van der Waals surface area contributed by atoms with Gasteiger partial charge in [0.05, 0.1) is 11.7 Å². The highest BCUT2D eigenvalue weighted by Gasteiger charge is 2.67. The lowest BCUT2D eigenvalue weighted by atomic mass is 9.92. The zero-order chi connectivity index (χ0) is 30.7. The maximum atomic E-state index is 15.1. The number of hydrogen-bond donors (Lipinski definition) is 1. The van der Waals surface area contributed by atoms with Crippen LogP contribution < -0.4 is 5.32 Å². The van der Waals surface area contributed by atoms with E-state index in [9.17, 15) is 22.4 Å². The predicted octanol–water partition coefficient (Wildman–Crippen LogP) is 7.62. The van der Waals surface area contributed by atoms with Gasteiger partial charge < -0.3 is 5.32 Å². The molecule has 0 saturated heterocycles. The van der Waals surface area contributed by atoms with E-state index in [1.807, 2.05) is 42.5 Å². The third kappa shape index (κ3) is 4.80. The van der Waals surface area contributed by atoms with Gasteiger partial charge in [-0.2, -0.15) is 13.9 Å². The summed E-state index contributed by atoms with van der Waals surface area (Å²) in [6, 6.07) is 18.9. The molecule has 0 radical (unpaired) electrons. The first kappa shape index (κ1) is 28.1. The summed E-state index contributed by atoms with van der Waals surface area (Å²) in [7, 11) is 0. The summed E-state index contributed by atoms with van der Waals surface area (Å²) in [5.41, 5.74) is 0.465. The van der Waals surface area contributed by atoms with Gasteiger partial charge in [0.25, 0.3) is 12.3 Å². The molecule has 3 atom stereocenters. The molecule has 2 aliphatic rings. The van der Waals surface area contributed by atoms with Crippen LogP contribution in [0, 0.1) is 17.6 Å². The number of nitrogens with one attached hydrogen (secondary N) is 1. The summed E-state index contributed by atoms with van der Waals surface area (Å²) >= 11 is 0. The minimum Gasteiger partial charge on any atom is -0.346 e. The van der Waals surface area contributed by atoms with E-state index >= 15 is 8.78 Å². The normalized spacial score (nSPS) is 18.7. The molecule has 44 heavy (non-hydrogen) atoms. The lowest BCUT2D eigenvalue weighted by Crippen LogP contribution is -2.35. The standard InChI is InChI=1S/C33H24F6N4O/c34-19-11-17(12-20(35)14-19)13-26(29-23(9-4-10-40-29)22-8-3-6-18-5-1-2-7-21(18)22)41-27(44)16-43-31-28(30(42-43)32(36)37)24-15-25(24)33(31,38)39/h1-12,14,24-26,32H,13,15-16H2,(H,41,44)/t24?,25?,26-/m0/s1. The van der Waals surface area contributed by atoms with E-state index in [1.54, 1.807) is 12.1 Å². The van der Waals surface area contributed by atoms with E-state index < -0.39 is 65.7 Å². The fourth-order valence-corrected chi connectivity index (χ4v) is 6.52. The maximum absolute atomic E-state index is 15.1. The van der Waals surface area contributed by atoms with Gasteiger partial charge in [-0.25, -0.2) is 17.6 Å². The summed E-state index contributed by atoms with van der Waals surface area (Å²) < 4.78 is 86.8. The number of fused-ring (bicyclic) bond motifs is 4. The topological polar surface area (TPSA) is 59.8 Å². The molecular formula is C33H24F6N4O. The number of benzene rings is 3. The number of aromatic nitrogens is 3. The first-order chi connectivity index (χ1) is 21.1.